The highest BCUT2D eigenvalue weighted by Gasteiger charge is 2.42. The Kier molecular flexibility index (Phi) is 6.52. The molecule has 0 aromatic rings. The van der Waals surface area contributed by atoms with Crippen LogP contribution < -0.4 is 10.6 Å². The molecule has 0 saturated heterocycles. The lowest BCUT2D eigenvalue weighted by molar-refractivity contribution is -0.159. The highest BCUT2D eigenvalue weighted by molar-refractivity contribution is 5.74. The van der Waals surface area contributed by atoms with E-state index in [0.29, 0.717) is 12.8 Å². The maximum absolute atomic E-state index is 13.0. The first-order valence-corrected chi connectivity index (χ1v) is 7.76. The third kappa shape index (κ3) is 6.85. The summed E-state index contributed by atoms with van der Waals surface area (Å²) in [7, 11) is 0. The molecule has 22 heavy (non-hydrogen) atoms. The van der Waals surface area contributed by atoms with Crippen molar-refractivity contribution in [1.82, 2.24) is 10.6 Å². The molecule has 7 heteroatoms. The van der Waals surface area contributed by atoms with Gasteiger partial charge in [0.05, 0.1) is 0 Å². The average molecular weight is 324 g/mol. The molecule has 0 aliphatic heterocycles. The number of hydrogen-bond acceptors (Lipinski definition) is 2. The average Bonchev–Trinajstić information content (AvgIpc) is 2.36. The van der Waals surface area contributed by atoms with E-state index >= 15 is 0 Å². The van der Waals surface area contributed by atoms with Gasteiger partial charge in [-0.05, 0) is 43.4 Å². The van der Waals surface area contributed by atoms with Crippen molar-refractivity contribution < 1.29 is 23.1 Å². The van der Waals surface area contributed by atoms with E-state index in [9.17, 15) is 18.0 Å². The van der Waals surface area contributed by atoms with Crippen LogP contribution in [0.1, 0.15) is 52.9 Å². The Labute approximate surface area is 129 Å². The molecule has 0 radical (unpaired) electrons. The minimum atomic E-state index is -4.46. The zero-order valence-corrected chi connectivity index (χ0v) is 13.5. The SMILES string of the molecule is CC(C)(C)CC(NC(=O)NC1CCC(CO)CC1)C(F)(F)F. The van der Waals surface area contributed by atoms with Gasteiger partial charge >= 0.3 is 12.2 Å². The van der Waals surface area contributed by atoms with Crippen molar-refractivity contribution in [3.63, 3.8) is 0 Å². The summed E-state index contributed by atoms with van der Waals surface area (Å²) in [5, 5.41) is 13.7. The molecule has 0 aromatic heterocycles. The molecule has 0 bridgehead atoms. The van der Waals surface area contributed by atoms with Crippen molar-refractivity contribution in [3.8, 4) is 0 Å². The van der Waals surface area contributed by atoms with Crippen LogP contribution in [-0.4, -0.2) is 36.0 Å². The topological polar surface area (TPSA) is 61.4 Å². The van der Waals surface area contributed by atoms with Crippen LogP contribution in [0, 0.1) is 11.3 Å². The number of urea groups is 1. The van der Waals surface area contributed by atoms with Crippen LogP contribution in [0.2, 0.25) is 0 Å². The predicted octanol–water partition coefficient (Wildman–Crippen LogP) is 3.20. The quantitative estimate of drug-likeness (QED) is 0.744. The van der Waals surface area contributed by atoms with Gasteiger partial charge < -0.3 is 15.7 Å². The van der Waals surface area contributed by atoms with E-state index in [-0.39, 0.29) is 25.0 Å². The van der Waals surface area contributed by atoms with Crippen LogP contribution in [0.15, 0.2) is 0 Å². The molecule has 1 aliphatic rings. The van der Waals surface area contributed by atoms with Gasteiger partial charge in [-0.15, -0.1) is 0 Å². The maximum Gasteiger partial charge on any atom is 0.408 e. The van der Waals surface area contributed by atoms with Crippen LogP contribution in [0.25, 0.3) is 0 Å². The summed E-state index contributed by atoms with van der Waals surface area (Å²) in [6.07, 6.45) is -1.68. The first-order chi connectivity index (χ1) is 10.0. The molecule has 4 nitrogen and oxygen atoms in total. The third-order valence-corrected chi connectivity index (χ3v) is 3.96. The normalized spacial score (nSPS) is 24.7. The zero-order chi connectivity index (χ0) is 17.0. The van der Waals surface area contributed by atoms with Gasteiger partial charge in [0, 0.05) is 12.6 Å². The van der Waals surface area contributed by atoms with E-state index in [2.05, 4.69) is 10.6 Å². The molecular formula is C15H27F3N2O2. The highest BCUT2D eigenvalue weighted by Crippen LogP contribution is 2.30. The van der Waals surface area contributed by atoms with Gasteiger partial charge in [-0.3, -0.25) is 0 Å². The highest BCUT2D eigenvalue weighted by atomic mass is 19.4. The van der Waals surface area contributed by atoms with Crippen molar-refractivity contribution in [3.05, 3.63) is 0 Å². The molecule has 0 aromatic carbocycles. The summed E-state index contributed by atoms with van der Waals surface area (Å²) in [6, 6.07) is -2.73. The number of rotatable bonds is 4. The molecule has 0 heterocycles. The number of hydrogen-bond donors (Lipinski definition) is 3. The number of alkyl halides is 3. The molecule has 130 valence electrons. The Morgan fingerprint density at radius 2 is 1.73 bits per heavy atom. The van der Waals surface area contributed by atoms with Crippen LogP contribution in [0.4, 0.5) is 18.0 Å². The molecule has 3 N–H and O–H groups in total. The molecule has 1 saturated carbocycles. The fourth-order valence-electron chi connectivity index (χ4n) is 2.74. The van der Waals surface area contributed by atoms with Crippen LogP contribution in [0.5, 0.6) is 0 Å². The lowest BCUT2D eigenvalue weighted by Gasteiger charge is -2.31. The number of aliphatic hydroxyl groups excluding tert-OH is 1. The Hall–Kier alpha value is -0.980. The molecule has 1 rings (SSSR count). The van der Waals surface area contributed by atoms with Gasteiger partial charge in [0.25, 0.3) is 0 Å². The monoisotopic (exact) mass is 324 g/mol. The van der Waals surface area contributed by atoms with E-state index < -0.39 is 23.7 Å². The number of nitrogens with one attached hydrogen (secondary N) is 2. The summed E-state index contributed by atoms with van der Waals surface area (Å²) < 4.78 is 39.0. The maximum atomic E-state index is 13.0. The van der Waals surface area contributed by atoms with Gasteiger partial charge in [0.1, 0.15) is 6.04 Å². The molecule has 1 unspecified atom stereocenters. The number of amides is 2. The Morgan fingerprint density at radius 1 is 1.18 bits per heavy atom. The summed E-state index contributed by atoms with van der Waals surface area (Å²) in [4.78, 5) is 11.8. The smallest absolute Gasteiger partial charge is 0.396 e. The minimum Gasteiger partial charge on any atom is -0.396 e. The fourth-order valence-corrected chi connectivity index (χ4v) is 2.74. The van der Waals surface area contributed by atoms with Gasteiger partial charge in [0.15, 0.2) is 0 Å². The summed E-state index contributed by atoms with van der Waals surface area (Å²) >= 11 is 0. The molecule has 1 aliphatic carbocycles. The van der Waals surface area contributed by atoms with Gasteiger partial charge in [-0.2, -0.15) is 13.2 Å². The van der Waals surface area contributed by atoms with Crippen LogP contribution in [0.3, 0.4) is 0 Å². The largest absolute Gasteiger partial charge is 0.408 e. The second kappa shape index (κ2) is 7.53. The number of carbonyl (C=O) groups is 1. The fraction of sp³-hybridized carbons (Fsp3) is 0.933. The van der Waals surface area contributed by atoms with E-state index in [1.807, 2.05) is 0 Å². The van der Waals surface area contributed by atoms with Gasteiger partial charge in [0.2, 0.25) is 0 Å². The van der Waals surface area contributed by atoms with Crippen molar-refractivity contribution >= 4 is 6.03 Å². The van der Waals surface area contributed by atoms with E-state index in [1.165, 1.54) is 0 Å². The first-order valence-electron chi connectivity index (χ1n) is 7.76. The second-order valence-corrected chi connectivity index (χ2v) is 7.38. The van der Waals surface area contributed by atoms with E-state index in [4.69, 9.17) is 5.11 Å². The second-order valence-electron chi connectivity index (χ2n) is 7.38. The van der Waals surface area contributed by atoms with Crippen molar-refractivity contribution in [2.75, 3.05) is 6.61 Å². The van der Waals surface area contributed by atoms with Gasteiger partial charge in [-0.25, -0.2) is 4.79 Å². The van der Waals surface area contributed by atoms with Gasteiger partial charge in [-0.1, -0.05) is 20.8 Å². The molecular weight excluding hydrogens is 297 g/mol. The molecule has 0 spiro atoms. The number of aliphatic hydroxyl groups is 1. The third-order valence-electron chi connectivity index (χ3n) is 3.96. The predicted molar refractivity (Wildman–Crippen MR) is 78.4 cm³/mol. The van der Waals surface area contributed by atoms with Crippen LogP contribution in [-0.2, 0) is 0 Å². The number of carbonyl (C=O) groups excluding carboxylic acids is 1. The van der Waals surface area contributed by atoms with E-state index in [0.717, 1.165) is 12.8 Å². The standard InChI is InChI=1S/C15H27F3N2O2/c1-14(2,3)8-12(15(16,17)18)20-13(22)19-11-6-4-10(9-21)5-7-11/h10-12,21H,4-9H2,1-3H3,(H2,19,20,22). The van der Waals surface area contributed by atoms with E-state index in [1.54, 1.807) is 20.8 Å². The summed E-state index contributed by atoms with van der Waals surface area (Å²) in [5.41, 5.74) is -0.535. The molecule has 2 amide bonds. The zero-order valence-electron chi connectivity index (χ0n) is 13.5. The van der Waals surface area contributed by atoms with Crippen molar-refractivity contribution in [2.24, 2.45) is 11.3 Å². The first kappa shape index (κ1) is 19.1. The van der Waals surface area contributed by atoms with Crippen molar-refractivity contribution in [1.29, 1.82) is 0 Å². The van der Waals surface area contributed by atoms with Crippen LogP contribution >= 0.6 is 0 Å². The number of halogens is 3. The Morgan fingerprint density at radius 3 is 2.14 bits per heavy atom. The summed E-state index contributed by atoms with van der Waals surface area (Å²) in [6.45, 7) is 5.26. The summed E-state index contributed by atoms with van der Waals surface area (Å²) in [5.74, 6) is 0.241. The molecule has 1 atom stereocenters. The molecule has 1 fully saturated rings. The lowest BCUT2D eigenvalue weighted by atomic mass is 9.86. The lowest BCUT2D eigenvalue weighted by Crippen LogP contribution is -2.53. The Bertz CT molecular complexity index is 359. The minimum absolute atomic E-state index is 0.119. The Balaban J connectivity index is 2.50. The van der Waals surface area contributed by atoms with Crippen molar-refractivity contribution in [2.45, 2.75) is 71.1 Å².